The minimum atomic E-state index is -2.17. The minimum absolute atomic E-state index is 0.958. The first kappa shape index (κ1) is 8.47. The van der Waals surface area contributed by atoms with Gasteiger partial charge in [-0.05, 0) is 0 Å². The van der Waals surface area contributed by atoms with Gasteiger partial charge in [-0.25, -0.2) is 25.0 Å². The Kier molecular flexibility index (Phi) is 2.95. The van der Waals surface area contributed by atoms with E-state index in [1.54, 1.807) is 0 Å². The highest BCUT2D eigenvalue weighted by Gasteiger charge is 2.07. The van der Waals surface area contributed by atoms with E-state index in [0.29, 0.717) is 0 Å². The average molecular weight is 152 g/mol. The number of hydrogen-bond acceptors (Lipinski definition) is 3. The van der Waals surface area contributed by atoms with Crippen LogP contribution in [0, 0.1) is 0 Å². The van der Waals surface area contributed by atoms with Crippen LogP contribution in [0.4, 0.5) is 23.2 Å². The normalized spacial score (nSPS) is 8.20. The fraction of sp³-hybridized carbons (Fsp3) is 0. The fourth-order valence-corrected chi connectivity index (χ4v) is 0.210. The van der Waals surface area contributed by atoms with Crippen LogP contribution in [0.25, 0.3) is 0 Å². The first-order valence-corrected chi connectivity index (χ1v) is 1.99. The third kappa shape index (κ3) is 4.62. The van der Waals surface area contributed by atoms with Crippen molar-refractivity contribution in [2.24, 2.45) is 0 Å². The van der Waals surface area contributed by atoms with Crippen LogP contribution in [-0.2, 0) is 0 Å². The lowest BCUT2D eigenvalue weighted by Crippen LogP contribution is -2.38. The summed E-state index contributed by atoms with van der Waals surface area (Å²) in [5.74, 6) is 0. The molecule has 0 aromatic rings. The summed E-state index contributed by atoms with van der Waals surface area (Å²) in [5.41, 5.74) is 0. The molecule has 0 spiro atoms. The topological polar surface area (TPSA) is 75.3 Å². The van der Waals surface area contributed by atoms with Crippen molar-refractivity contribution in [1.29, 1.82) is 0 Å². The van der Waals surface area contributed by atoms with E-state index in [1.165, 1.54) is 0 Å². The Morgan fingerprint density at radius 1 is 0.900 bits per heavy atom. The first-order chi connectivity index (χ1) is 4.52. The van der Waals surface area contributed by atoms with E-state index < -0.39 is 18.4 Å². The fourth-order valence-electron chi connectivity index (χ4n) is 0.210. The van der Waals surface area contributed by atoms with Crippen molar-refractivity contribution in [3.05, 3.63) is 0 Å². The van der Waals surface area contributed by atoms with Crippen molar-refractivity contribution in [1.82, 2.24) is 10.6 Å². The number of amides is 4. The Balaban J connectivity index is 3.65. The van der Waals surface area contributed by atoms with Gasteiger partial charge in [0.15, 0.2) is 0 Å². The Bertz CT molecular complexity index is 163. The summed E-state index contributed by atoms with van der Waals surface area (Å²) in [7, 11) is 0. The zero-order valence-electron chi connectivity index (χ0n) is 4.48. The molecule has 0 aliphatic heterocycles. The van der Waals surface area contributed by atoms with Crippen LogP contribution < -0.4 is 10.6 Å². The van der Waals surface area contributed by atoms with E-state index in [4.69, 9.17) is 0 Å². The van der Waals surface area contributed by atoms with Crippen LogP contribution in [0.3, 0.4) is 0 Å². The SMILES string of the molecule is O=C(F)NC(=O)NC(=O)F. The van der Waals surface area contributed by atoms with Crippen LogP contribution in [0.15, 0.2) is 0 Å². The Morgan fingerprint density at radius 3 is 1.40 bits per heavy atom. The van der Waals surface area contributed by atoms with Gasteiger partial charge in [0.05, 0.1) is 0 Å². The average Bonchev–Trinajstić information content (AvgIpc) is 1.58. The molecule has 56 valence electrons. The van der Waals surface area contributed by atoms with Crippen LogP contribution in [0.2, 0.25) is 0 Å². The standard InChI is InChI=1S/C3H2F2N2O3/c4-1(8)6-3(10)7-2(5)9/h(H2,6,7,8,9,10). The van der Waals surface area contributed by atoms with Gasteiger partial charge in [-0.1, -0.05) is 0 Å². The molecule has 0 heterocycles. The van der Waals surface area contributed by atoms with Crippen LogP contribution >= 0.6 is 0 Å². The molecule has 0 fully saturated rings. The van der Waals surface area contributed by atoms with Crippen molar-refractivity contribution in [3.8, 4) is 0 Å². The quantitative estimate of drug-likeness (QED) is 0.391. The molecule has 0 aromatic carbocycles. The Labute approximate surface area is 53.4 Å². The number of urea groups is 1. The van der Waals surface area contributed by atoms with Gasteiger partial charge >= 0.3 is 18.4 Å². The number of rotatable bonds is 0. The third-order valence-corrected chi connectivity index (χ3v) is 0.424. The summed E-state index contributed by atoms with van der Waals surface area (Å²) >= 11 is 0. The minimum Gasteiger partial charge on any atom is -0.249 e. The third-order valence-electron chi connectivity index (χ3n) is 0.424. The van der Waals surface area contributed by atoms with Crippen LogP contribution in [-0.4, -0.2) is 18.4 Å². The second-order valence-electron chi connectivity index (χ2n) is 1.13. The molecule has 0 rings (SSSR count). The summed E-state index contributed by atoms with van der Waals surface area (Å²) in [6.07, 6.45) is -4.34. The lowest BCUT2D eigenvalue weighted by molar-refractivity contribution is 0.207. The predicted octanol–water partition coefficient (Wildman–Crippen LogP) is 0.465. The lowest BCUT2D eigenvalue weighted by atomic mass is 10.9. The largest absolute Gasteiger partial charge is 0.405 e. The summed E-state index contributed by atoms with van der Waals surface area (Å²) < 4.78 is 22.3. The monoisotopic (exact) mass is 152 g/mol. The number of carbonyl (C=O) groups excluding carboxylic acids is 3. The number of carbonyl (C=O) groups is 3. The van der Waals surface area contributed by atoms with E-state index in [2.05, 4.69) is 0 Å². The number of nitrogens with one attached hydrogen (secondary N) is 2. The maximum atomic E-state index is 11.2. The summed E-state index contributed by atoms with van der Waals surface area (Å²) in [6.45, 7) is 0. The molecule has 4 amide bonds. The van der Waals surface area contributed by atoms with Gasteiger partial charge in [0, 0.05) is 0 Å². The highest BCUT2D eigenvalue weighted by molar-refractivity contribution is 5.97. The molecular weight excluding hydrogens is 150 g/mol. The first-order valence-electron chi connectivity index (χ1n) is 1.99. The molecule has 0 aliphatic carbocycles. The van der Waals surface area contributed by atoms with Gasteiger partial charge in [0.1, 0.15) is 0 Å². The van der Waals surface area contributed by atoms with Crippen molar-refractivity contribution in [2.45, 2.75) is 0 Å². The molecular formula is C3H2F2N2O3. The van der Waals surface area contributed by atoms with Gasteiger partial charge < -0.3 is 0 Å². The maximum absolute atomic E-state index is 11.2. The van der Waals surface area contributed by atoms with E-state index in [1.807, 2.05) is 0 Å². The lowest BCUT2D eigenvalue weighted by Gasteiger charge is -1.93. The molecule has 0 bridgehead atoms. The van der Waals surface area contributed by atoms with Crippen molar-refractivity contribution in [3.63, 3.8) is 0 Å². The Hall–Kier alpha value is -1.53. The molecule has 7 heteroatoms. The molecule has 10 heavy (non-hydrogen) atoms. The molecule has 0 aromatic heterocycles. The molecule has 0 aliphatic rings. The number of imide groups is 2. The Morgan fingerprint density at radius 2 is 1.20 bits per heavy atom. The number of halogens is 2. The molecule has 0 unspecified atom stereocenters. The molecule has 0 atom stereocenters. The molecule has 0 saturated heterocycles. The van der Waals surface area contributed by atoms with Crippen LogP contribution in [0.1, 0.15) is 0 Å². The van der Waals surface area contributed by atoms with Gasteiger partial charge in [-0.2, -0.15) is 0 Å². The van der Waals surface area contributed by atoms with Gasteiger partial charge in [0.2, 0.25) is 0 Å². The second-order valence-corrected chi connectivity index (χ2v) is 1.13. The van der Waals surface area contributed by atoms with Gasteiger partial charge in [-0.3, -0.25) is 0 Å². The molecule has 2 N–H and O–H groups in total. The van der Waals surface area contributed by atoms with Crippen molar-refractivity contribution >= 4 is 18.4 Å². The van der Waals surface area contributed by atoms with Crippen molar-refractivity contribution < 1.29 is 23.2 Å². The van der Waals surface area contributed by atoms with E-state index in [0.717, 1.165) is 10.6 Å². The zero-order valence-corrected chi connectivity index (χ0v) is 4.48. The van der Waals surface area contributed by atoms with E-state index >= 15 is 0 Å². The zero-order chi connectivity index (χ0) is 8.15. The van der Waals surface area contributed by atoms with Crippen LogP contribution in [0.5, 0.6) is 0 Å². The maximum Gasteiger partial charge on any atom is 0.405 e. The molecule has 5 nitrogen and oxygen atoms in total. The summed E-state index contributed by atoms with van der Waals surface area (Å²) in [6, 6.07) is -1.54. The molecule has 0 saturated carbocycles. The molecule has 0 radical (unpaired) electrons. The predicted molar refractivity (Wildman–Crippen MR) is 24.7 cm³/mol. The second kappa shape index (κ2) is 3.49. The van der Waals surface area contributed by atoms with E-state index in [9.17, 15) is 23.2 Å². The highest BCUT2D eigenvalue weighted by atomic mass is 19.1. The van der Waals surface area contributed by atoms with Gasteiger partial charge in [0.25, 0.3) is 0 Å². The van der Waals surface area contributed by atoms with E-state index in [-0.39, 0.29) is 0 Å². The summed E-state index contributed by atoms with van der Waals surface area (Å²) in [4.78, 5) is 28.6. The summed E-state index contributed by atoms with van der Waals surface area (Å²) in [5, 5.41) is 1.92. The highest BCUT2D eigenvalue weighted by Crippen LogP contribution is 1.73. The number of hydrogen-bond donors (Lipinski definition) is 2. The smallest absolute Gasteiger partial charge is 0.249 e. The van der Waals surface area contributed by atoms with Crippen molar-refractivity contribution in [2.75, 3.05) is 0 Å². The van der Waals surface area contributed by atoms with Gasteiger partial charge in [-0.15, -0.1) is 8.78 Å².